The number of aromatic nitrogens is 1. The van der Waals surface area contributed by atoms with Crippen LogP contribution >= 0.6 is 11.6 Å². The van der Waals surface area contributed by atoms with Crippen molar-refractivity contribution < 1.29 is 4.74 Å². The summed E-state index contributed by atoms with van der Waals surface area (Å²) in [7, 11) is 0. The number of ether oxygens (including phenoxy) is 1. The van der Waals surface area contributed by atoms with Crippen LogP contribution in [0, 0.1) is 0 Å². The molecule has 0 saturated heterocycles. The van der Waals surface area contributed by atoms with E-state index < -0.39 is 0 Å². The molecule has 1 aromatic carbocycles. The SMILES string of the molecule is NCc1cccc(Cl)c1OCCc1ccncc1. The first-order valence-corrected chi connectivity index (χ1v) is 6.18. The van der Waals surface area contributed by atoms with Crippen LogP contribution in [0.1, 0.15) is 11.1 Å². The maximum Gasteiger partial charge on any atom is 0.142 e. The summed E-state index contributed by atoms with van der Waals surface area (Å²) in [5.41, 5.74) is 7.77. The number of hydrogen-bond acceptors (Lipinski definition) is 3. The summed E-state index contributed by atoms with van der Waals surface area (Å²) in [4.78, 5) is 3.97. The van der Waals surface area contributed by atoms with Gasteiger partial charge in [-0.3, -0.25) is 4.98 Å². The van der Waals surface area contributed by atoms with E-state index in [0.717, 1.165) is 12.0 Å². The molecule has 2 N–H and O–H groups in total. The van der Waals surface area contributed by atoms with Crippen molar-refractivity contribution in [3.8, 4) is 5.75 Å². The van der Waals surface area contributed by atoms with Crippen molar-refractivity contribution in [3.05, 3.63) is 58.9 Å². The first-order chi connectivity index (χ1) is 8.81. The third kappa shape index (κ3) is 3.22. The van der Waals surface area contributed by atoms with Gasteiger partial charge in [0.15, 0.2) is 0 Å². The monoisotopic (exact) mass is 262 g/mol. The number of hydrogen-bond donors (Lipinski definition) is 1. The van der Waals surface area contributed by atoms with Crippen LogP contribution in [0.3, 0.4) is 0 Å². The van der Waals surface area contributed by atoms with Gasteiger partial charge < -0.3 is 10.5 Å². The van der Waals surface area contributed by atoms with Crippen LogP contribution in [-0.2, 0) is 13.0 Å². The minimum atomic E-state index is 0.422. The molecule has 0 aliphatic heterocycles. The van der Waals surface area contributed by atoms with E-state index in [4.69, 9.17) is 22.1 Å². The summed E-state index contributed by atoms with van der Waals surface area (Å²) < 4.78 is 5.73. The van der Waals surface area contributed by atoms with Gasteiger partial charge in [0.25, 0.3) is 0 Å². The first-order valence-electron chi connectivity index (χ1n) is 5.80. The van der Waals surface area contributed by atoms with E-state index in [0.29, 0.717) is 23.9 Å². The molecule has 0 fully saturated rings. The molecule has 3 nitrogen and oxygen atoms in total. The van der Waals surface area contributed by atoms with Gasteiger partial charge in [-0.25, -0.2) is 0 Å². The van der Waals surface area contributed by atoms with E-state index in [1.54, 1.807) is 12.4 Å². The maximum atomic E-state index is 6.10. The van der Waals surface area contributed by atoms with Crippen molar-refractivity contribution in [1.82, 2.24) is 4.98 Å². The molecule has 0 aliphatic rings. The van der Waals surface area contributed by atoms with Crippen molar-refractivity contribution in [1.29, 1.82) is 0 Å². The molecule has 0 amide bonds. The molecule has 0 aliphatic carbocycles. The lowest BCUT2D eigenvalue weighted by molar-refractivity contribution is 0.319. The van der Waals surface area contributed by atoms with Crippen LogP contribution in [0.4, 0.5) is 0 Å². The quantitative estimate of drug-likeness (QED) is 0.901. The molecule has 0 bridgehead atoms. The van der Waals surface area contributed by atoms with Gasteiger partial charge in [-0.05, 0) is 23.8 Å². The third-order valence-electron chi connectivity index (χ3n) is 2.65. The normalized spacial score (nSPS) is 10.3. The molecular formula is C14H15ClN2O. The van der Waals surface area contributed by atoms with Gasteiger partial charge in [0, 0.05) is 30.9 Å². The summed E-state index contributed by atoms with van der Waals surface area (Å²) in [5.74, 6) is 0.690. The average molecular weight is 263 g/mol. The molecule has 0 radical (unpaired) electrons. The molecule has 0 unspecified atom stereocenters. The Labute approximate surface area is 112 Å². The fraction of sp³-hybridized carbons (Fsp3) is 0.214. The fourth-order valence-electron chi connectivity index (χ4n) is 1.70. The average Bonchev–Trinajstić information content (AvgIpc) is 2.41. The fourth-order valence-corrected chi connectivity index (χ4v) is 1.94. The van der Waals surface area contributed by atoms with Gasteiger partial charge in [0.1, 0.15) is 5.75 Å². The Morgan fingerprint density at radius 1 is 1.17 bits per heavy atom. The van der Waals surface area contributed by atoms with Crippen LogP contribution in [0.2, 0.25) is 5.02 Å². The largest absolute Gasteiger partial charge is 0.491 e. The highest BCUT2D eigenvalue weighted by Crippen LogP contribution is 2.28. The Morgan fingerprint density at radius 2 is 1.94 bits per heavy atom. The topological polar surface area (TPSA) is 48.1 Å². The van der Waals surface area contributed by atoms with Crippen LogP contribution < -0.4 is 10.5 Å². The molecule has 18 heavy (non-hydrogen) atoms. The number of nitrogens with zero attached hydrogens (tertiary/aromatic N) is 1. The molecule has 4 heteroatoms. The van der Waals surface area contributed by atoms with Crippen LogP contribution in [0.15, 0.2) is 42.7 Å². The van der Waals surface area contributed by atoms with Gasteiger partial charge in [-0.15, -0.1) is 0 Å². The summed E-state index contributed by atoms with van der Waals surface area (Å²) in [5, 5.41) is 0.604. The molecular weight excluding hydrogens is 248 g/mol. The van der Waals surface area contributed by atoms with Crippen molar-refractivity contribution >= 4 is 11.6 Å². The number of rotatable bonds is 5. The first kappa shape index (κ1) is 12.9. The summed E-state index contributed by atoms with van der Waals surface area (Å²) >= 11 is 6.10. The Bertz CT molecular complexity index is 502. The van der Waals surface area contributed by atoms with Crippen LogP contribution in [-0.4, -0.2) is 11.6 Å². The highest BCUT2D eigenvalue weighted by Gasteiger charge is 2.06. The van der Waals surface area contributed by atoms with Gasteiger partial charge in [-0.1, -0.05) is 23.7 Å². The van der Waals surface area contributed by atoms with Crippen molar-refractivity contribution in [3.63, 3.8) is 0 Å². The Morgan fingerprint density at radius 3 is 2.67 bits per heavy atom. The summed E-state index contributed by atoms with van der Waals surface area (Å²) in [6.07, 6.45) is 4.37. The molecule has 1 heterocycles. The van der Waals surface area contributed by atoms with Crippen LogP contribution in [0.5, 0.6) is 5.75 Å². The molecule has 2 rings (SSSR count). The lowest BCUT2D eigenvalue weighted by Crippen LogP contribution is -2.06. The molecule has 0 atom stereocenters. The highest BCUT2D eigenvalue weighted by molar-refractivity contribution is 6.32. The Balaban J connectivity index is 1.98. The van der Waals surface area contributed by atoms with E-state index in [2.05, 4.69) is 4.98 Å². The second kappa shape index (κ2) is 6.38. The van der Waals surface area contributed by atoms with Crippen LogP contribution in [0.25, 0.3) is 0 Å². The smallest absolute Gasteiger partial charge is 0.142 e. The van der Waals surface area contributed by atoms with Crippen molar-refractivity contribution in [2.45, 2.75) is 13.0 Å². The second-order valence-corrected chi connectivity index (χ2v) is 4.29. The molecule has 0 spiro atoms. The molecule has 94 valence electrons. The summed E-state index contributed by atoms with van der Waals surface area (Å²) in [6, 6.07) is 9.55. The van der Waals surface area contributed by atoms with E-state index in [9.17, 15) is 0 Å². The minimum Gasteiger partial charge on any atom is -0.491 e. The van der Waals surface area contributed by atoms with E-state index in [1.165, 1.54) is 5.56 Å². The van der Waals surface area contributed by atoms with Gasteiger partial charge in [0.2, 0.25) is 0 Å². The Hall–Kier alpha value is -1.58. The minimum absolute atomic E-state index is 0.422. The van der Waals surface area contributed by atoms with E-state index >= 15 is 0 Å². The van der Waals surface area contributed by atoms with Gasteiger partial charge in [-0.2, -0.15) is 0 Å². The second-order valence-electron chi connectivity index (χ2n) is 3.89. The lowest BCUT2D eigenvalue weighted by atomic mass is 10.2. The number of para-hydroxylation sites is 1. The number of halogens is 1. The zero-order valence-corrected chi connectivity index (χ0v) is 10.7. The van der Waals surface area contributed by atoms with Crippen molar-refractivity contribution in [2.75, 3.05) is 6.61 Å². The highest BCUT2D eigenvalue weighted by atomic mass is 35.5. The van der Waals surface area contributed by atoms with E-state index in [1.807, 2.05) is 30.3 Å². The number of nitrogens with two attached hydrogens (primary N) is 1. The zero-order chi connectivity index (χ0) is 12.8. The lowest BCUT2D eigenvalue weighted by Gasteiger charge is -2.11. The van der Waals surface area contributed by atoms with Gasteiger partial charge >= 0.3 is 0 Å². The number of pyridine rings is 1. The van der Waals surface area contributed by atoms with Crippen molar-refractivity contribution in [2.24, 2.45) is 5.73 Å². The Kier molecular flexibility index (Phi) is 4.56. The standard InChI is InChI=1S/C14H15ClN2O/c15-13-3-1-2-12(10-16)14(13)18-9-6-11-4-7-17-8-5-11/h1-5,7-8H,6,9-10,16H2. The third-order valence-corrected chi connectivity index (χ3v) is 2.95. The zero-order valence-electron chi connectivity index (χ0n) is 9.97. The predicted octanol–water partition coefficient (Wildman–Crippen LogP) is 2.82. The predicted molar refractivity (Wildman–Crippen MR) is 72.8 cm³/mol. The van der Waals surface area contributed by atoms with Gasteiger partial charge in [0.05, 0.1) is 11.6 Å². The molecule has 1 aromatic heterocycles. The van der Waals surface area contributed by atoms with E-state index in [-0.39, 0.29) is 0 Å². The molecule has 2 aromatic rings. The molecule has 0 saturated carbocycles. The maximum absolute atomic E-state index is 6.10. The summed E-state index contributed by atoms with van der Waals surface area (Å²) in [6.45, 7) is 0.992. The number of benzene rings is 1.